The van der Waals surface area contributed by atoms with Crippen LogP contribution in [0.15, 0.2) is 0 Å². The Labute approximate surface area is 124 Å². The van der Waals surface area contributed by atoms with Gasteiger partial charge in [0.05, 0.1) is 5.75 Å². The van der Waals surface area contributed by atoms with Crippen molar-refractivity contribution in [1.82, 2.24) is 9.62 Å². The van der Waals surface area contributed by atoms with Crippen molar-refractivity contribution in [3.05, 3.63) is 0 Å². The number of hydrogen-bond donors (Lipinski definition) is 1. The maximum atomic E-state index is 12.0. The first-order valence-corrected chi connectivity index (χ1v) is 9.91. The van der Waals surface area contributed by atoms with E-state index in [0.29, 0.717) is 37.3 Å². The molecule has 0 spiro atoms. The van der Waals surface area contributed by atoms with Crippen molar-refractivity contribution in [2.24, 2.45) is 5.92 Å². The Balaban J connectivity index is 1.80. The third kappa shape index (κ3) is 3.95. The number of sulfonamides is 1. The zero-order valence-corrected chi connectivity index (χ0v) is 13.8. The van der Waals surface area contributed by atoms with Gasteiger partial charge in [0.15, 0.2) is 0 Å². The van der Waals surface area contributed by atoms with Gasteiger partial charge in [-0.2, -0.15) is 0 Å². The third-order valence-electron chi connectivity index (χ3n) is 4.94. The highest BCUT2D eigenvalue weighted by Crippen LogP contribution is 2.29. The zero-order valence-electron chi connectivity index (χ0n) is 13.0. The summed E-state index contributed by atoms with van der Waals surface area (Å²) in [6, 6.07) is 1.18. The monoisotopic (exact) mass is 302 g/mol. The highest BCUT2D eigenvalue weighted by Gasteiger charge is 2.31. The van der Waals surface area contributed by atoms with Crippen LogP contribution in [0.3, 0.4) is 0 Å². The number of nitrogens with zero attached hydrogens (tertiary/aromatic N) is 1. The van der Waals surface area contributed by atoms with Crippen molar-refractivity contribution in [2.45, 2.75) is 70.9 Å². The topological polar surface area (TPSA) is 49.4 Å². The Morgan fingerprint density at radius 2 is 1.80 bits per heavy atom. The van der Waals surface area contributed by atoms with E-state index in [1.807, 2.05) is 6.92 Å². The molecule has 0 aromatic heterocycles. The molecule has 1 N–H and O–H groups in total. The molecule has 2 atom stereocenters. The second kappa shape index (κ2) is 7.23. The normalized spacial score (nSPS) is 29.9. The first-order valence-electron chi connectivity index (χ1n) is 8.30. The lowest BCUT2D eigenvalue weighted by Crippen LogP contribution is -2.48. The number of piperidine rings is 1. The fourth-order valence-corrected chi connectivity index (χ4v) is 5.28. The van der Waals surface area contributed by atoms with Gasteiger partial charge in [-0.25, -0.2) is 12.7 Å². The van der Waals surface area contributed by atoms with Crippen LogP contribution in [0.25, 0.3) is 0 Å². The van der Waals surface area contributed by atoms with Gasteiger partial charge in [-0.05, 0) is 38.0 Å². The van der Waals surface area contributed by atoms with E-state index in [4.69, 9.17) is 0 Å². The Bertz CT molecular complexity index is 389. The molecule has 0 amide bonds. The minimum Gasteiger partial charge on any atom is -0.311 e. The Morgan fingerprint density at radius 1 is 1.10 bits per heavy atom. The maximum Gasteiger partial charge on any atom is 0.214 e. The molecular weight excluding hydrogens is 272 g/mol. The van der Waals surface area contributed by atoms with E-state index in [0.717, 1.165) is 18.8 Å². The van der Waals surface area contributed by atoms with Gasteiger partial charge in [0, 0.05) is 25.2 Å². The van der Waals surface area contributed by atoms with Crippen LogP contribution < -0.4 is 5.32 Å². The average molecular weight is 302 g/mol. The first kappa shape index (κ1) is 16.2. The summed E-state index contributed by atoms with van der Waals surface area (Å²) in [7, 11) is -2.99. The van der Waals surface area contributed by atoms with Crippen LogP contribution in [-0.2, 0) is 10.0 Å². The van der Waals surface area contributed by atoms with Crippen LogP contribution in [0.1, 0.15) is 58.8 Å². The molecule has 2 fully saturated rings. The van der Waals surface area contributed by atoms with E-state index in [-0.39, 0.29) is 0 Å². The van der Waals surface area contributed by atoms with Crippen molar-refractivity contribution in [2.75, 3.05) is 18.8 Å². The summed E-state index contributed by atoms with van der Waals surface area (Å²) in [6.45, 7) is 5.61. The number of nitrogens with one attached hydrogen (secondary N) is 1. The predicted octanol–water partition coefficient (Wildman–Crippen LogP) is 2.36. The van der Waals surface area contributed by atoms with E-state index in [9.17, 15) is 8.42 Å². The second-order valence-corrected chi connectivity index (χ2v) is 8.45. The van der Waals surface area contributed by atoms with Gasteiger partial charge in [-0.3, -0.25) is 0 Å². The number of hydrogen-bond acceptors (Lipinski definition) is 3. The second-order valence-electron chi connectivity index (χ2n) is 6.36. The molecule has 1 aliphatic carbocycles. The van der Waals surface area contributed by atoms with Crippen molar-refractivity contribution in [1.29, 1.82) is 0 Å². The lowest BCUT2D eigenvalue weighted by molar-refractivity contribution is 0.254. The molecule has 0 aromatic rings. The van der Waals surface area contributed by atoms with Crippen molar-refractivity contribution >= 4 is 10.0 Å². The van der Waals surface area contributed by atoms with Crippen LogP contribution in [0.2, 0.25) is 0 Å². The van der Waals surface area contributed by atoms with Crippen LogP contribution in [-0.4, -0.2) is 43.6 Å². The minimum absolute atomic E-state index is 0.297. The molecule has 1 aliphatic heterocycles. The molecule has 1 heterocycles. The molecule has 1 saturated heterocycles. The summed E-state index contributed by atoms with van der Waals surface area (Å²) in [5.74, 6) is 1.13. The van der Waals surface area contributed by atoms with Gasteiger partial charge in [-0.15, -0.1) is 0 Å². The quantitative estimate of drug-likeness (QED) is 0.819. The molecular formula is C15H30N2O2S. The van der Waals surface area contributed by atoms with E-state index in [1.165, 1.54) is 25.7 Å². The summed E-state index contributed by atoms with van der Waals surface area (Å²) >= 11 is 0. The minimum atomic E-state index is -2.99. The SMILES string of the molecule is CCCS(=O)(=O)N1CCC(NC2CCCC2CC)CC1. The fraction of sp³-hybridized carbons (Fsp3) is 1.00. The Hall–Kier alpha value is -0.130. The third-order valence-corrected chi connectivity index (χ3v) is 7.02. The number of rotatable bonds is 6. The molecule has 5 heteroatoms. The fourth-order valence-electron chi connectivity index (χ4n) is 3.74. The molecule has 1 saturated carbocycles. The van der Waals surface area contributed by atoms with Gasteiger partial charge in [-0.1, -0.05) is 26.7 Å². The molecule has 118 valence electrons. The van der Waals surface area contributed by atoms with Gasteiger partial charge in [0.1, 0.15) is 0 Å². The largest absolute Gasteiger partial charge is 0.311 e. The molecule has 2 unspecified atom stereocenters. The van der Waals surface area contributed by atoms with Crippen molar-refractivity contribution in [3.63, 3.8) is 0 Å². The molecule has 20 heavy (non-hydrogen) atoms. The average Bonchev–Trinajstić information content (AvgIpc) is 2.86. The molecule has 0 bridgehead atoms. The van der Waals surface area contributed by atoms with Gasteiger partial charge < -0.3 is 5.32 Å². The summed E-state index contributed by atoms with van der Waals surface area (Å²) in [4.78, 5) is 0. The predicted molar refractivity (Wildman–Crippen MR) is 83.2 cm³/mol. The van der Waals surface area contributed by atoms with Gasteiger partial charge in [0.2, 0.25) is 10.0 Å². The molecule has 4 nitrogen and oxygen atoms in total. The van der Waals surface area contributed by atoms with E-state index >= 15 is 0 Å². The Kier molecular flexibility index (Phi) is 5.87. The summed E-state index contributed by atoms with van der Waals surface area (Å²) in [5, 5.41) is 3.80. The summed E-state index contributed by atoms with van der Waals surface area (Å²) in [6.07, 6.45) is 7.92. The van der Waals surface area contributed by atoms with Gasteiger partial charge in [0.25, 0.3) is 0 Å². The van der Waals surface area contributed by atoms with Crippen molar-refractivity contribution in [3.8, 4) is 0 Å². The van der Waals surface area contributed by atoms with Crippen LogP contribution >= 0.6 is 0 Å². The molecule has 0 aromatic carbocycles. The zero-order chi connectivity index (χ0) is 14.6. The van der Waals surface area contributed by atoms with Crippen LogP contribution in [0.4, 0.5) is 0 Å². The standard InChI is InChI=1S/C15H30N2O2S/c1-3-12-20(18,19)17-10-8-14(9-11-17)16-15-7-5-6-13(15)4-2/h13-16H,3-12H2,1-2H3. The van der Waals surface area contributed by atoms with Crippen molar-refractivity contribution < 1.29 is 8.42 Å². The smallest absolute Gasteiger partial charge is 0.214 e. The Morgan fingerprint density at radius 3 is 2.40 bits per heavy atom. The molecule has 2 rings (SSSR count). The lowest BCUT2D eigenvalue weighted by Gasteiger charge is -2.34. The lowest BCUT2D eigenvalue weighted by atomic mass is 9.98. The van der Waals surface area contributed by atoms with Crippen LogP contribution in [0, 0.1) is 5.92 Å². The highest BCUT2D eigenvalue weighted by molar-refractivity contribution is 7.89. The maximum absolute atomic E-state index is 12.0. The molecule has 2 aliphatic rings. The van der Waals surface area contributed by atoms with E-state index in [2.05, 4.69) is 12.2 Å². The van der Waals surface area contributed by atoms with E-state index < -0.39 is 10.0 Å². The molecule has 0 radical (unpaired) electrons. The highest BCUT2D eigenvalue weighted by atomic mass is 32.2. The first-order chi connectivity index (χ1) is 9.56. The van der Waals surface area contributed by atoms with Gasteiger partial charge >= 0.3 is 0 Å². The van der Waals surface area contributed by atoms with E-state index in [1.54, 1.807) is 4.31 Å². The van der Waals surface area contributed by atoms with Crippen LogP contribution in [0.5, 0.6) is 0 Å². The summed E-state index contributed by atoms with van der Waals surface area (Å²) in [5.41, 5.74) is 0. The summed E-state index contributed by atoms with van der Waals surface area (Å²) < 4.78 is 25.8.